The van der Waals surface area contributed by atoms with E-state index in [1.54, 1.807) is 0 Å². The molecule has 9 rings (SSSR count). The maximum atomic E-state index is 13.0. The van der Waals surface area contributed by atoms with Gasteiger partial charge in [-0.1, -0.05) is 0 Å². The fourth-order valence-corrected chi connectivity index (χ4v) is 7.83. The van der Waals surface area contributed by atoms with Gasteiger partial charge in [-0.15, -0.1) is 0 Å². The normalized spacial score (nSPS) is 35.0. The highest BCUT2D eigenvalue weighted by Gasteiger charge is 2.73. The lowest BCUT2D eigenvalue weighted by atomic mass is 9.30. The average molecular weight is 434 g/mol. The number of H-pyrrole nitrogens is 2. The Labute approximate surface area is 187 Å². The molecule has 2 aromatic heterocycles. The van der Waals surface area contributed by atoms with Crippen molar-refractivity contribution in [2.45, 2.75) is 69.1 Å². The lowest BCUT2D eigenvalue weighted by Gasteiger charge is -2.75. The number of carbonyl (C=O) groups is 1. The Balaban J connectivity index is 0.816. The van der Waals surface area contributed by atoms with Crippen molar-refractivity contribution in [3.8, 4) is 0 Å². The van der Waals surface area contributed by atoms with Crippen LogP contribution >= 0.6 is 0 Å². The SMILES string of the molecule is Cc1cc(C23CC(C4CN(C(=O)N5CC6(CC(c7nc(C8CC8)n[nH]7)C6)C5)C4)(C2)C3)[nH]n1. The summed E-state index contributed by atoms with van der Waals surface area (Å²) in [6.45, 7) is 5.84. The van der Waals surface area contributed by atoms with Crippen LogP contribution in [-0.2, 0) is 5.41 Å². The smallest absolute Gasteiger partial charge is 0.320 e. The zero-order chi connectivity index (χ0) is 21.3. The molecule has 8 heteroatoms. The minimum absolute atomic E-state index is 0.275. The second-order valence-corrected chi connectivity index (χ2v) is 12.3. The molecule has 5 aliphatic carbocycles. The number of nitrogens with one attached hydrogen (secondary N) is 2. The van der Waals surface area contributed by atoms with Crippen LogP contribution < -0.4 is 0 Å². The monoisotopic (exact) mass is 433 g/mol. The molecule has 5 saturated carbocycles. The highest BCUT2D eigenvalue weighted by molar-refractivity contribution is 5.76. The van der Waals surface area contributed by atoms with Crippen LogP contribution in [0.5, 0.6) is 0 Å². The van der Waals surface area contributed by atoms with Gasteiger partial charge in [0.15, 0.2) is 5.82 Å². The fourth-order valence-electron chi connectivity index (χ4n) is 7.83. The fraction of sp³-hybridized carbons (Fsp3) is 0.750. The molecule has 2 N–H and O–H groups in total. The molecule has 2 amide bonds. The van der Waals surface area contributed by atoms with Crippen LogP contribution in [0.1, 0.15) is 79.8 Å². The molecular weight excluding hydrogens is 402 g/mol. The molecule has 2 aliphatic heterocycles. The van der Waals surface area contributed by atoms with E-state index in [0.717, 1.165) is 56.4 Å². The van der Waals surface area contributed by atoms with E-state index in [2.05, 4.69) is 43.2 Å². The Morgan fingerprint density at radius 1 is 1.03 bits per heavy atom. The highest BCUT2D eigenvalue weighted by Crippen LogP contribution is 2.77. The van der Waals surface area contributed by atoms with Crippen molar-refractivity contribution in [1.82, 2.24) is 35.2 Å². The molecule has 168 valence electrons. The molecule has 1 spiro atoms. The van der Waals surface area contributed by atoms with E-state index in [1.807, 2.05) is 0 Å². The molecule has 32 heavy (non-hydrogen) atoms. The number of hydrogen-bond acceptors (Lipinski definition) is 4. The Hall–Kier alpha value is -2.38. The van der Waals surface area contributed by atoms with Crippen molar-refractivity contribution >= 4 is 6.03 Å². The number of aromatic amines is 2. The van der Waals surface area contributed by atoms with Crippen LogP contribution in [0, 0.1) is 23.7 Å². The lowest BCUT2D eigenvalue weighted by molar-refractivity contribution is -0.209. The van der Waals surface area contributed by atoms with Crippen molar-refractivity contribution < 1.29 is 4.79 Å². The summed E-state index contributed by atoms with van der Waals surface area (Å²) in [5.74, 6) is 3.92. The number of amides is 2. The summed E-state index contributed by atoms with van der Waals surface area (Å²) in [5, 5.41) is 15.2. The minimum atomic E-state index is 0.275. The molecular formula is C24H31N7O. The summed E-state index contributed by atoms with van der Waals surface area (Å²) >= 11 is 0. The first kappa shape index (κ1) is 18.1. The second kappa shape index (κ2) is 5.57. The molecule has 4 heterocycles. The van der Waals surface area contributed by atoms with E-state index in [1.165, 1.54) is 37.8 Å². The summed E-state index contributed by atoms with van der Waals surface area (Å²) in [5.41, 5.74) is 3.65. The maximum Gasteiger partial charge on any atom is 0.320 e. The van der Waals surface area contributed by atoms with Gasteiger partial charge in [0.05, 0.1) is 5.69 Å². The summed E-state index contributed by atoms with van der Waals surface area (Å²) < 4.78 is 0. The van der Waals surface area contributed by atoms with E-state index in [0.29, 0.717) is 34.0 Å². The van der Waals surface area contributed by atoms with Gasteiger partial charge in [0.25, 0.3) is 0 Å². The maximum absolute atomic E-state index is 13.0. The lowest BCUT2D eigenvalue weighted by Crippen LogP contribution is -2.74. The first-order valence-electron chi connectivity index (χ1n) is 12.4. The Bertz CT molecular complexity index is 1090. The van der Waals surface area contributed by atoms with Crippen molar-refractivity contribution in [2.75, 3.05) is 26.2 Å². The topological polar surface area (TPSA) is 93.8 Å². The number of nitrogens with zero attached hydrogens (tertiary/aromatic N) is 5. The third-order valence-electron chi connectivity index (χ3n) is 9.90. The van der Waals surface area contributed by atoms with Crippen LogP contribution in [-0.4, -0.2) is 67.4 Å². The summed E-state index contributed by atoms with van der Waals surface area (Å²) in [4.78, 5) is 21.9. The van der Waals surface area contributed by atoms with Crippen molar-refractivity contribution in [3.63, 3.8) is 0 Å². The molecule has 0 aromatic carbocycles. The van der Waals surface area contributed by atoms with Crippen LogP contribution in [0.15, 0.2) is 6.07 Å². The van der Waals surface area contributed by atoms with Gasteiger partial charge in [0.2, 0.25) is 0 Å². The van der Waals surface area contributed by atoms with E-state index >= 15 is 0 Å². The van der Waals surface area contributed by atoms with Crippen LogP contribution in [0.4, 0.5) is 4.79 Å². The third-order valence-corrected chi connectivity index (χ3v) is 9.90. The third kappa shape index (κ3) is 2.28. The van der Waals surface area contributed by atoms with Crippen LogP contribution in [0.3, 0.4) is 0 Å². The average Bonchev–Trinajstić information content (AvgIpc) is 3.18. The first-order chi connectivity index (χ1) is 15.4. The number of urea groups is 1. The molecule has 2 aromatic rings. The van der Waals surface area contributed by atoms with Gasteiger partial charge in [-0.05, 0) is 69.3 Å². The van der Waals surface area contributed by atoms with Gasteiger partial charge in [0, 0.05) is 54.5 Å². The van der Waals surface area contributed by atoms with Crippen molar-refractivity contribution in [2.24, 2.45) is 16.7 Å². The number of likely N-dealkylation sites (tertiary alicyclic amines) is 2. The first-order valence-corrected chi connectivity index (χ1v) is 12.4. The van der Waals surface area contributed by atoms with Crippen molar-refractivity contribution in [1.29, 1.82) is 0 Å². The van der Waals surface area contributed by atoms with Gasteiger partial charge in [-0.25, -0.2) is 9.78 Å². The van der Waals surface area contributed by atoms with E-state index in [9.17, 15) is 4.79 Å². The van der Waals surface area contributed by atoms with Gasteiger partial charge in [-0.3, -0.25) is 10.2 Å². The van der Waals surface area contributed by atoms with Gasteiger partial charge in [0.1, 0.15) is 5.82 Å². The zero-order valence-electron chi connectivity index (χ0n) is 18.7. The Kier molecular flexibility index (Phi) is 3.15. The van der Waals surface area contributed by atoms with Crippen molar-refractivity contribution in [3.05, 3.63) is 29.1 Å². The quantitative estimate of drug-likeness (QED) is 0.775. The minimum Gasteiger partial charge on any atom is -0.324 e. The summed E-state index contributed by atoms with van der Waals surface area (Å²) in [7, 11) is 0. The Morgan fingerprint density at radius 3 is 2.44 bits per heavy atom. The molecule has 7 fully saturated rings. The number of rotatable bonds is 4. The van der Waals surface area contributed by atoms with E-state index < -0.39 is 0 Å². The second-order valence-electron chi connectivity index (χ2n) is 12.3. The van der Waals surface area contributed by atoms with Crippen LogP contribution in [0.25, 0.3) is 0 Å². The summed E-state index contributed by atoms with van der Waals surface area (Å²) in [6, 6.07) is 2.50. The largest absolute Gasteiger partial charge is 0.324 e. The predicted octanol–water partition coefficient (Wildman–Crippen LogP) is 3.07. The number of hydrogen-bond donors (Lipinski definition) is 2. The van der Waals surface area contributed by atoms with Gasteiger partial charge < -0.3 is 9.80 Å². The number of aryl methyl sites for hydroxylation is 1. The Morgan fingerprint density at radius 2 is 1.78 bits per heavy atom. The molecule has 0 radical (unpaired) electrons. The number of aromatic nitrogens is 5. The molecule has 0 unspecified atom stereocenters. The molecule has 7 aliphatic rings. The van der Waals surface area contributed by atoms with Crippen LogP contribution in [0.2, 0.25) is 0 Å². The molecule has 2 saturated heterocycles. The zero-order valence-corrected chi connectivity index (χ0v) is 18.7. The van der Waals surface area contributed by atoms with Gasteiger partial charge in [-0.2, -0.15) is 10.2 Å². The molecule has 8 nitrogen and oxygen atoms in total. The predicted molar refractivity (Wildman–Crippen MR) is 116 cm³/mol. The molecule has 0 atom stereocenters. The highest BCUT2D eigenvalue weighted by atomic mass is 16.2. The molecule has 2 bridgehead atoms. The van der Waals surface area contributed by atoms with Gasteiger partial charge >= 0.3 is 6.03 Å². The number of carbonyl (C=O) groups excluding carboxylic acids is 1. The summed E-state index contributed by atoms with van der Waals surface area (Å²) in [6.07, 6.45) is 8.64. The standard InChI is InChI=1S/C24H31N7O/c1-14-4-18(27-26-14)24-9-23(10-24,11-24)17-7-30(8-17)21(32)31-12-22(13-31)5-16(6-22)20-25-19(28-29-20)15-2-3-15/h4,15-17H,2-3,5-13H2,1H3,(H,26,27)(H,25,28,29). The van der Waals surface area contributed by atoms with E-state index in [4.69, 9.17) is 4.98 Å². The van der Waals surface area contributed by atoms with E-state index in [-0.39, 0.29) is 6.03 Å².